The van der Waals surface area contributed by atoms with Crippen molar-refractivity contribution in [1.29, 1.82) is 0 Å². The van der Waals surface area contributed by atoms with Gasteiger partial charge in [-0.15, -0.1) is 0 Å². The maximum absolute atomic E-state index is 11.3. The standard InChI is InChI=1S/C16H22O2/c1-12(2)10-13-4-6-14(7-5-13)11-16(15(17)18)8-3-9-16/h4-7,12H,3,8-11H2,1-2H3,(H,17,18). The first-order valence-corrected chi connectivity index (χ1v) is 6.83. The van der Waals surface area contributed by atoms with Crippen molar-refractivity contribution in [3.05, 3.63) is 35.4 Å². The highest BCUT2D eigenvalue weighted by Crippen LogP contribution is 2.43. The number of rotatable bonds is 5. The minimum Gasteiger partial charge on any atom is -0.481 e. The van der Waals surface area contributed by atoms with Gasteiger partial charge >= 0.3 is 5.97 Å². The fraction of sp³-hybridized carbons (Fsp3) is 0.562. The van der Waals surface area contributed by atoms with Crippen LogP contribution >= 0.6 is 0 Å². The molecule has 98 valence electrons. The van der Waals surface area contributed by atoms with Gasteiger partial charge in [-0.25, -0.2) is 0 Å². The molecule has 0 radical (unpaired) electrons. The van der Waals surface area contributed by atoms with E-state index in [4.69, 9.17) is 0 Å². The van der Waals surface area contributed by atoms with E-state index in [0.29, 0.717) is 12.3 Å². The maximum atomic E-state index is 11.3. The second-order valence-corrected chi connectivity index (χ2v) is 6.03. The Bertz CT molecular complexity index is 413. The highest BCUT2D eigenvalue weighted by Gasteiger charge is 2.44. The molecule has 0 aliphatic heterocycles. The van der Waals surface area contributed by atoms with Crippen LogP contribution in [-0.2, 0) is 17.6 Å². The van der Waals surface area contributed by atoms with Crippen LogP contribution in [0.3, 0.4) is 0 Å². The summed E-state index contributed by atoms with van der Waals surface area (Å²) in [7, 11) is 0. The van der Waals surface area contributed by atoms with E-state index in [2.05, 4.69) is 38.1 Å². The van der Waals surface area contributed by atoms with Crippen LogP contribution < -0.4 is 0 Å². The predicted molar refractivity (Wildman–Crippen MR) is 72.6 cm³/mol. The largest absolute Gasteiger partial charge is 0.481 e. The van der Waals surface area contributed by atoms with Crippen LogP contribution in [0.4, 0.5) is 0 Å². The highest BCUT2D eigenvalue weighted by molar-refractivity contribution is 5.76. The van der Waals surface area contributed by atoms with Gasteiger partial charge in [0.15, 0.2) is 0 Å². The summed E-state index contributed by atoms with van der Waals surface area (Å²) in [5.41, 5.74) is 2.02. The summed E-state index contributed by atoms with van der Waals surface area (Å²) in [6, 6.07) is 8.48. The summed E-state index contributed by atoms with van der Waals surface area (Å²) >= 11 is 0. The first-order valence-electron chi connectivity index (χ1n) is 6.83. The zero-order chi connectivity index (χ0) is 13.2. The van der Waals surface area contributed by atoms with Gasteiger partial charge in [0.2, 0.25) is 0 Å². The number of carboxylic acids is 1. The van der Waals surface area contributed by atoms with Gasteiger partial charge in [0, 0.05) is 0 Å². The lowest BCUT2D eigenvalue weighted by atomic mass is 9.65. The highest BCUT2D eigenvalue weighted by atomic mass is 16.4. The summed E-state index contributed by atoms with van der Waals surface area (Å²) in [6.45, 7) is 4.42. The normalized spacial score (nSPS) is 17.5. The average molecular weight is 246 g/mol. The molecular formula is C16H22O2. The van der Waals surface area contributed by atoms with Gasteiger partial charge in [0.05, 0.1) is 5.41 Å². The van der Waals surface area contributed by atoms with Crippen molar-refractivity contribution >= 4 is 5.97 Å². The lowest BCUT2D eigenvalue weighted by Crippen LogP contribution is -2.39. The van der Waals surface area contributed by atoms with E-state index in [1.165, 1.54) is 5.56 Å². The summed E-state index contributed by atoms with van der Waals surface area (Å²) in [5.74, 6) is 0.0350. The zero-order valence-corrected chi connectivity index (χ0v) is 11.3. The molecule has 1 aromatic rings. The number of carbonyl (C=O) groups is 1. The molecule has 1 saturated carbocycles. The molecule has 1 aliphatic carbocycles. The molecule has 2 rings (SSSR count). The van der Waals surface area contributed by atoms with E-state index in [1.807, 2.05) is 0 Å². The van der Waals surface area contributed by atoms with Gasteiger partial charge in [-0.05, 0) is 42.7 Å². The molecule has 1 aliphatic rings. The van der Waals surface area contributed by atoms with E-state index in [-0.39, 0.29) is 0 Å². The number of hydrogen-bond acceptors (Lipinski definition) is 1. The van der Waals surface area contributed by atoms with Crippen LogP contribution in [0.1, 0.15) is 44.2 Å². The van der Waals surface area contributed by atoms with Crippen LogP contribution in [-0.4, -0.2) is 11.1 Å². The van der Waals surface area contributed by atoms with Crippen LogP contribution in [0.5, 0.6) is 0 Å². The number of hydrogen-bond donors (Lipinski definition) is 1. The Morgan fingerprint density at radius 1 is 1.22 bits per heavy atom. The van der Waals surface area contributed by atoms with Crippen molar-refractivity contribution in [3.8, 4) is 0 Å². The fourth-order valence-electron chi connectivity index (χ4n) is 2.73. The van der Waals surface area contributed by atoms with E-state index < -0.39 is 11.4 Å². The van der Waals surface area contributed by atoms with Crippen molar-refractivity contribution in [2.75, 3.05) is 0 Å². The minimum absolute atomic E-state index is 0.473. The lowest BCUT2D eigenvalue weighted by molar-refractivity contribution is -0.154. The van der Waals surface area contributed by atoms with Gasteiger partial charge < -0.3 is 5.11 Å². The third-order valence-corrected chi connectivity index (χ3v) is 3.97. The molecule has 0 unspecified atom stereocenters. The summed E-state index contributed by atoms with van der Waals surface area (Å²) in [6.07, 6.45) is 4.48. The molecule has 0 heterocycles. The first kappa shape index (κ1) is 13.1. The van der Waals surface area contributed by atoms with E-state index in [1.54, 1.807) is 0 Å². The Balaban J connectivity index is 2.04. The molecule has 0 saturated heterocycles. The molecular weight excluding hydrogens is 224 g/mol. The second-order valence-electron chi connectivity index (χ2n) is 6.03. The lowest BCUT2D eigenvalue weighted by Gasteiger charge is -2.37. The van der Waals surface area contributed by atoms with Crippen molar-refractivity contribution in [1.82, 2.24) is 0 Å². The number of carboxylic acid groups (broad SMARTS) is 1. The molecule has 1 N–H and O–H groups in total. The van der Waals surface area contributed by atoms with E-state index in [0.717, 1.165) is 31.2 Å². The summed E-state index contributed by atoms with van der Waals surface area (Å²) in [4.78, 5) is 11.3. The molecule has 0 amide bonds. The third kappa shape index (κ3) is 2.74. The molecule has 1 aromatic carbocycles. The second kappa shape index (κ2) is 5.13. The molecule has 0 spiro atoms. The molecule has 2 heteroatoms. The zero-order valence-electron chi connectivity index (χ0n) is 11.3. The fourth-order valence-corrected chi connectivity index (χ4v) is 2.73. The quantitative estimate of drug-likeness (QED) is 0.860. The topological polar surface area (TPSA) is 37.3 Å². The minimum atomic E-state index is -0.625. The van der Waals surface area contributed by atoms with Crippen molar-refractivity contribution < 1.29 is 9.90 Å². The van der Waals surface area contributed by atoms with Crippen LogP contribution in [0, 0.1) is 11.3 Å². The van der Waals surface area contributed by atoms with Gasteiger partial charge in [-0.3, -0.25) is 4.79 Å². The Morgan fingerprint density at radius 2 is 1.78 bits per heavy atom. The Labute approximate surface area is 109 Å². The van der Waals surface area contributed by atoms with Gasteiger partial charge in [0.25, 0.3) is 0 Å². The maximum Gasteiger partial charge on any atom is 0.309 e. The number of aliphatic carboxylic acids is 1. The Morgan fingerprint density at radius 3 is 2.17 bits per heavy atom. The monoisotopic (exact) mass is 246 g/mol. The summed E-state index contributed by atoms with van der Waals surface area (Å²) in [5, 5.41) is 9.32. The molecule has 0 atom stereocenters. The molecule has 1 fully saturated rings. The van der Waals surface area contributed by atoms with Gasteiger partial charge in [0.1, 0.15) is 0 Å². The third-order valence-electron chi connectivity index (χ3n) is 3.97. The van der Waals surface area contributed by atoms with Gasteiger partial charge in [-0.1, -0.05) is 44.5 Å². The SMILES string of the molecule is CC(C)Cc1ccc(CC2(C(=O)O)CCC2)cc1. The average Bonchev–Trinajstić information content (AvgIpc) is 2.24. The molecule has 18 heavy (non-hydrogen) atoms. The van der Waals surface area contributed by atoms with E-state index in [9.17, 15) is 9.90 Å². The number of benzene rings is 1. The Kier molecular flexibility index (Phi) is 3.74. The smallest absolute Gasteiger partial charge is 0.309 e. The van der Waals surface area contributed by atoms with Crippen molar-refractivity contribution in [2.24, 2.45) is 11.3 Å². The predicted octanol–water partition coefficient (Wildman–Crippen LogP) is 3.68. The summed E-state index contributed by atoms with van der Waals surface area (Å²) < 4.78 is 0. The Hall–Kier alpha value is -1.31. The van der Waals surface area contributed by atoms with Crippen LogP contribution in [0.15, 0.2) is 24.3 Å². The molecule has 0 aromatic heterocycles. The van der Waals surface area contributed by atoms with Crippen LogP contribution in [0.25, 0.3) is 0 Å². The molecule has 0 bridgehead atoms. The molecule has 2 nitrogen and oxygen atoms in total. The van der Waals surface area contributed by atoms with Crippen LogP contribution in [0.2, 0.25) is 0 Å². The van der Waals surface area contributed by atoms with E-state index >= 15 is 0 Å². The first-order chi connectivity index (χ1) is 8.52. The van der Waals surface area contributed by atoms with Crippen molar-refractivity contribution in [3.63, 3.8) is 0 Å². The van der Waals surface area contributed by atoms with Crippen molar-refractivity contribution in [2.45, 2.75) is 46.0 Å². The van der Waals surface area contributed by atoms with Gasteiger partial charge in [-0.2, -0.15) is 0 Å².